The Balaban J connectivity index is 1.93. The maximum atomic E-state index is 13.1. The molecule has 1 unspecified atom stereocenters. The molecule has 0 heterocycles. The van der Waals surface area contributed by atoms with Gasteiger partial charge < -0.3 is 5.73 Å². The summed E-state index contributed by atoms with van der Waals surface area (Å²) in [5.74, 6) is 0.469. The monoisotopic (exact) mass is 235 g/mol. The van der Waals surface area contributed by atoms with Gasteiger partial charge in [-0.2, -0.15) is 0 Å². The van der Waals surface area contributed by atoms with Crippen LogP contribution in [0.15, 0.2) is 24.3 Å². The molecule has 2 rings (SSSR count). The Morgan fingerprint density at radius 1 is 1.18 bits per heavy atom. The highest BCUT2D eigenvalue weighted by Gasteiger charge is 2.19. The van der Waals surface area contributed by atoms with Gasteiger partial charge in [0.05, 0.1) is 0 Å². The number of hydrogen-bond acceptors (Lipinski definition) is 1. The quantitative estimate of drug-likeness (QED) is 0.795. The Morgan fingerprint density at radius 3 is 2.53 bits per heavy atom. The van der Waals surface area contributed by atoms with Gasteiger partial charge in [0.2, 0.25) is 0 Å². The molecule has 0 amide bonds. The SMILES string of the molecule is NC(Cc1cccc(F)c1)C1CCCCCC1. The molecule has 1 aliphatic rings. The summed E-state index contributed by atoms with van der Waals surface area (Å²) in [6, 6.07) is 7.02. The first-order valence-electron chi connectivity index (χ1n) is 6.76. The summed E-state index contributed by atoms with van der Waals surface area (Å²) in [5.41, 5.74) is 7.31. The lowest BCUT2D eigenvalue weighted by Gasteiger charge is -2.22. The molecule has 1 saturated carbocycles. The van der Waals surface area contributed by atoms with Gasteiger partial charge in [0, 0.05) is 6.04 Å². The minimum Gasteiger partial charge on any atom is -0.327 e. The van der Waals surface area contributed by atoms with Crippen LogP contribution < -0.4 is 5.73 Å². The maximum Gasteiger partial charge on any atom is 0.123 e. The van der Waals surface area contributed by atoms with E-state index in [0.29, 0.717) is 5.92 Å². The lowest BCUT2D eigenvalue weighted by atomic mass is 9.88. The largest absolute Gasteiger partial charge is 0.327 e. The highest BCUT2D eigenvalue weighted by molar-refractivity contribution is 5.17. The van der Waals surface area contributed by atoms with E-state index in [1.165, 1.54) is 44.6 Å². The molecule has 1 fully saturated rings. The van der Waals surface area contributed by atoms with E-state index in [-0.39, 0.29) is 11.9 Å². The molecule has 0 saturated heterocycles. The van der Waals surface area contributed by atoms with E-state index in [9.17, 15) is 4.39 Å². The first kappa shape index (κ1) is 12.6. The summed E-state index contributed by atoms with van der Waals surface area (Å²) in [7, 11) is 0. The summed E-state index contributed by atoms with van der Waals surface area (Å²) in [4.78, 5) is 0. The van der Waals surface area contributed by atoms with Crippen LogP contribution in [0.4, 0.5) is 4.39 Å². The van der Waals surface area contributed by atoms with E-state index in [4.69, 9.17) is 5.73 Å². The summed E-state index contributed by atoms with van der Waals surface area (Å²) >= 11 is 0. The van der Waals surface area contributed by atoms with Crippen molar-refractivity contribution >= 4 is 0 Å². The first-order valence-corrected chi connectivity index (χ1v) is 6.76. The number of nitrogens with two attached hydrogens (primary N) is 1. The molecule has 1 aliphatic carbocycles. The van der Waals surface area contributed by atoms with Gasteiger partial charge >= 0.3 is 0 Å². The topological polar surface area (TPSA) is 26.0 Å². The lowest BCUT2D eigenvalue weighted by Crippen LogP contribution is -2.32. The zero-order valence-corrected chi connectivity index (χ0v) is 10.4. The Kier molecular flexibility index (Phi) is 4.55. The Bertz CT molecular complexity index is 343. The molecule has 94 valence electrons. The summed E-state index contributed by atoms with van der Waals surface area (Å²) in [5, 5.41) is 0. The summed E-state index contributed by atoms with van der Waals surface area (Å²) < 4.78 is 13.1. The Labute approximate surface area is 103 Å². The van der Waals surface area contributed by atoms with Gasteiger partial charge in [-0.3, -0.25) is 0 Å². The van der Waals surface area contributed by atoms with Crippen LogP contribution >= 0.6 is 0 Å². The molecule has 1 atom stereocenters. The van der Waals surface area contributed by atoms with Crippen molar-refractivity contribution in [2.75, 3.05) is 0 Å². The Morgan fingerprint density at radius 2 is 1.88 bits per heavy atom. The standard InChI is InChI=1S/C15H22FN/c16-14-9-5-6-12(10-14)11-15(17)13-7-3-1-2-4-8-13/h5-6,9-10,13,15H,1-4,7-8,11,17H2. The van der Waals surface area contributed by atoms with Gasteiger partial charge in [0.15, 0.2) is 0 Å². The van der Waals surface area contributed by atoms with Crippen molar-refractivity contribution in [3.8, 4) is 0 Å². The highest BCUT2D eigenvalue weighted by Crippen LogP contribution is 2.26. The zero-order chi connectivity index (χ0) is 12.1. The fraction of sp³-hybridized carbons (Fsp3) is 0.600. The third kappa shape index (κ3) is 3.81. The average molecular weight is 235 g/mol. The van der Waals surface area contributed by atoms with Gasteiger partial charge in [-0.05, 0) is 42.9 Å². The average Bonchev–Trinajstić information content (AvgIpc) is 2.57. The van der Waals surface area contributed by atoms with Crippen LogP contribution in [0.25, 0.3) is 0 Å². The van der Waals surface area contributed by atoms with E-state index in [1.807, 2.05) is 6.07 Å². The minimum atomic E-state index is -0.157. The van der Waals surface area contributed by atoms with Crippen molar-refractivity contribution in [3.05, 3.63) is 35.6 Å². The van der Waals surface area contributed by atoms with Gasteiger partial charge in [0.25, 0.3) is 0 Å². The normalized spacial score (nSPS) is 19.9. The van der Waals surface area contributed by atoms with Crippen LogP contribution in [0, 0.1) is 11.7 Å². The Hall–Kier alpha value is -0.890. The van der Waals surface area contributed by atoms with Crippen LogP contribution in [-0.2, 0) is 6.42 Å². The second-order valence-corrected chi connectivity index (χ2v) is 5.25. The first-order chi connectivity index (χ1) is 8.25. The molecule has 1 aromatic carbocycles. The van der Waals surface area contributed by atoms with Gasteiger partial charge in [-0.1, -0.05) is 37.8 Å². The van der Waals surface area contributed by atoms with E-state index in [1.54, 1.807) is 12.1 Å². The van der Waals surface area contributed by atoms with Crippen molar-refractivity contribution in [1.82, 2.24) is 0 Å². The molecule has 2 heteroatoms. The molecule has 0 spiro atoms. The maximum absolute atomic E-state index is 13.1. The van der Waals surface area contributed by atoms with E-state index in [2.05, 4.69) is 0 Å². The smallest absolute Gasteiger partial charge is 0.123 e. The summed E-state index contributed by atoms with van der Waals surface area (Å²) in [6.07, 6.45) is 8.62. The molecule has 0 radical (unpaired) electrons. The third-order valence-electron chi connectivity index (χ3n) is 3.87. The van der Waals surface area contributed by atoms with Crippen molar-refractivity contribution in [3.63, 3.8) is 0 Å². The molecule has 0 bridgehead atoms. The summed E-state index contributed by atoms with van der Waals surface area (Å²) in [6.45, 7) is 0. The van der Waals surface area contributed by atoms with Crippen molar-refractivity contribution in [2.24, 2.45) is 11.7 Å². The van der Waals surface area contributed by atoms with Crippen molar-refractivity contribution in [2.45, 2.75) is 51.0 Å². The van der Waals surface area contributed by atoms with Crippen LogP contribution in [0.5, 0.6) is 0 Å². The fourth-order valence-electron chi connectivity index (χ4n) is 2.84. The molecule has 1 aromatic rings. The number of halogens is 1. The molecule has 0 aromatic heterocycles. The third-order valence-corrected chi connectivity index (χ3v) is 3.87. The van der Waals surface area contributed by atoms with Crippen molar-refractivity contribution < 1.29 is 4.39 Å². The van der Waals surface area contributed by atoms with Crippen LogP contribution in [-0.4, -0.2) is 6.04 Å². The minimum absolute atomic E-state index is 0.157. The second-order valence-electron chi connectivity index (χ2n) is 5.25. The molecule has 17 heavy (non-hydrogen) atoms. The van der Waals surface area contributed by atoms with Crippen LogP contribution in [0.2, 0.25) is 0 Å². The molecule has 0 aliphatic heterocycles. The number of rotatable bonds is 3. The van der Waals surface area contributed by atoms with Gasteiger partial charge in [-0.25, -0.2) is 4.39 Å². The highest BCUT2D eigenvalue weighted by atomic mass is 19.1. The van der Waals surface area contributed by atoms with E-state index >= 15 is 0 Å². The van der Waals surface area contributed by atoms with Crippen molar-refractivity contribution in [1.29, 1.82) is 0 Å². The molecular weight excluding hydrogens is 213 g/mol. The lowest BCUT2D eigenvalue weighted by molar-refractivity contribution is 0.372. The molecule has 2 N–H and O–H groups in total. The zero-order valence-electron chi connectivity index (χ0n) is 10.4. The molecular formula is C15H22FN. The predicted molar refractivity (Wildman–Crippen MR) is 69.3 cm³/mol. The number of benzene rings is 1. The van der Waals surface area contributed by atoms with E-state index < -0.39 is 0 Å². The molecule has 1 nitrogen and oxygen atoms in total. The number of hydrogen-bond donors (Lipinski definition) is 1. The fourth-order valence-corrected chi connectivity index (χ4v) is 2.84. The van der Waals surface area contributed by atoms with Gasteiger partial charge in [-0.15, -0.1) is 0 Å². The predicted octanol–water partition coefficient (Wildman–Crippen LogP) is 3.67. The second kappa shape index (κ2) is 6.15. The van der Waals surface area contributed by atoms with E-state index in [0.717, 1.165) is 12.0 Å². The van der Waals surface area contributed by atoms with Crippen LogP contribution in [0.1, 0.15) is 44.1 Å². The van der Waals surface area contributed by atoms with Crippen LogP contribution in [0.3, 0.4) is 0 Å². The van der Waals surface area contributed by atoms with Gasteiger partial charge in [0.1, 0.15) is 5.82 Å².